The van der Waals surface area contributed by atoms with Crippen LogP contribution in [0.1, 0.15) is 5.56 Å². The topological polar surface area (TPSA) is 40.6 Å². The Bertz CT molecular complexity index is 869. The van der Waals surface area contributed by atoms with E-state index in [9.17, 15) is 17.2 Å². The predicted octanol–water partition coefficient (Wildman–Crippen LogP) is 3.12. The third kappa shape index (κ3) is 4.00. The van der Waals surface area contributed by atoms with Crippen molar-refractivity contribution < 1.29 is 17.2 Å². The summed E-state index contributed by atoms with van der Waals surface area (Å²) in [5, 5.41) is -0.223. The second-order valence-corrected chi connectivity index (χ2v) is 8.19. The van der Waals surface area contributed by atoms with Crippen molar-refractivity contribution in [3.05, 3.63) is 64.7 Å². The Kier molecular flexibility index (Phi) is 5.38. The lowest BCUT2D eigenvalue weighted by atomic mass is 10.2. The highest BCUT2D eigenvalue weighted by Gasteiger charge is 2.29. The third-order valence-corrected chi connectivity index (χ3v) is 6.40. The second-order valence-electron chi connectivity index (χ2n) is 5.85. The molecule has 0 atom stereocenters. The van der Waals surface area contributed by atoms with Crippen LogP contribution in [0.4, 0.5) is 8.78 Å². The van der Waals surface area contributed by atoms with Gasteiger partial charge in [-0.2, -0.15) is 4.31 Å². The highest BCUT2D eigenvalue weighted by Crippen LogP contribution is 2.23. The SMILES string of the molecule is O=S(=O)(c1ccc(F)c(Cl)c1)N1CCN(Cc2ccccc2F)CC1. The van der Waals surface area contributed by atoms with Crippen molar-refractivity contribution in [3.8, 4) is 0 Å². The molecule has 1 aliphatic heterocycles. The van der Waals surface area contributed by atoms with Crippen molar-refractivity contribution in [1.29, 1.82) is 0 Å². The molecule has 0 unspecified atom stereocenters. The Morgan fingerprint density at radius 2 is 1.64 bits per heavy atom. The monoisotopic (exact) mass is 386 g/mol. The summed E-state index contributed by atoms with van der Waals surface area (Å²) in [7, 11) is -3.72. The van der Waals surface area contributed by atoms with Gasteiger partial charge in [0, 0.05) is 38.3 Å². The van der Waals surface area contributed by atoms with E-state index in [0.29, 0.717) is 25.2 Å². The first-order chi connectivity index (χ1) is 11.9. The van der Waals surface area contributed by atoms with Crippen LogP contribution in [0.2, 0.25) is 5.02 Å². The van der Waals surface area contributed by atoms with Gasteiger partial charge in [0.2, 0.25) is 10.0 Å². The van der Waals surface area contributed by atoms with Crippen LogP contribution < -0.4 is 0 Å². The van der Waals surface area contributed by atoms with Gasteiger partial charge in [0.25, 0.3) is 0 Å². The summed E-state index contributed by atoms with van der Waals surface area (Å²) in [4.78, 5) is 1.98. The summed E-state index contributed by atoms with van der Waals surface area (Å²) in [6.45, 7) is 1.98. The van der Waals surface area contributed by atoms with Crippen LogP contribution in [0.5, 0.6) is 0 Å². The Morgan fingerprint density at radius 3 is 2.28 bits per heavy atom. The first-order valence-corrected chi connectivity index (χ1v) is 9.61. The molecule has 0 bridgehead atoms. The summed E-state index contributed by atoms with van der Waals surface area (Å²) in [6, 6.07) is 9.92. The third-order valence-electron chi connectivity index (χ3n) is 4.21. The van der Waals surface area contributed by atoms with Crippen molar-refractivity contribution in [2.75, 3.05) is 26.2 Å². The summed E-state index contributed by atoms with van der Waals surface area (Å²) in [6.07, 6.45) is 0. The van der Waals surface area contributed by atoms with Crippen molar-refractivity contribution in [3.63, 3.8) is 0 Å². The van der Waals surface area contributed by atoms with Gasteiger partial charge in [0.1, 0.15) is 11.6 Å². The Morgan fingerprint density at radius 1 is 0.960 bits per heavy atom. The van der Waals surface area contributed by atoms with Gasteiger partial charge in [0.15, 0.2) is 0 Å². The lowest BCUT2D eigenvalue weighted by Crippen LogP contribution is -2.48. The molecule has 0 saturated carbocycles. The molecule has 0 N–H and O–H groups in total. The fourth-order valence-electron chi connectivity index (χ4n) is 2.78. The molecule has 8 heteroatoms. The smallest absolute Gasteiger partial charge is 0.243 e. The van der Waals surface area contributed by atoms with Crippen LogP contribution in [0.3, 0.4) is 0 Å². The summed E-state index contributed by atoms with van der Waals surface area (Å²) in [5.41, 5.74) is 0.587. The van der Waals surface area contributed by atoms with E-state index in [1.165, 1.54) is 16.4 Å². The van der Waals surface area contributed by atoms with Crippen LogP contribution >= 0.6 is 11.6 Å². The molecule has 2 aromatic rings. The molecule has 2 aromatic carbocycles. The lowest BCUT2D eigenvalue weighted by Gasteiger charge is -2.34. The molecule has 1 heterocycles. The number of benzene rings is 2. The minimum Gasteiger partial charge on any atom is -0.296 e. The molecule has 4 nitrogen and oxygen atoms in total. The number of halogens is 3. The second kappa shape index (κ2) is 7.37. The maximum Gasteiger partial charge on any atom is 0.243 e. The van der Waals surface area contributed by atoms with E-state index in [-0.39, 0.29) is 28.8 Å². The van der Waals surface area contributed by atoms with E-state index in [1.807, 2.05) is 4.90 Å². The molecular weight excluding hydrogens is 370 g/mol. The van der Waals surface area contributed by atoms with Crippen molar-refractivity contribution in [2.45, 2.75) is 11.4 Å². The molecule has 25 heavy (non-hydrogen) atoms. The van der Waals surface area contributed by atoms with Gasteiger partial charge >= 0.3 is 0 Å². The molecular formula is C17H17ClF2N2O2S. The first-order valence-electron chi connectivity index (χ1n) is 7.79. The maximum absolute atomic E-state index is 13.7. The average molecular weight is 387 g/mol. The zero-order chi connectivity index (χ0) is 18.0. The average Bonchev–Trinajstić information content (AvgIpc) is 2.60. The first kappa shape index (κ1) is 18.3. The molecule has 0 spiro atoms. The van der Waals surface area contributed by atoms with Crippen molar-refractivity contribution >= 4 is 21.6 Å². The molecule has 1 fully saturated rings. The number of hydrogen-bond acceptors (Lipinski definition) is 3. The van der Waals surface area contributed by atoms with E-state index < -0.39 is 15.8 Å². The fourth-order valence-corrected chi connectivity index (χ4v) is 4.48. The quantitative estimate of drug-likeness (QED) is 0.810. The molecule has 0 aliphatic carbocycles. The van der Waals surface area contributed by atoms with E-state index >= 15 is 0 Å². The lowest BCUT2D eigenvalue weighted by molar-refractivity contribution is 0.180. The molecule has 1 aliphatic rings. The predicted molar refractivity (Wildman–Crippen MR) is 91.8 cm³/mol. The number of hydrogen-bond donors (Lipinski definition) is 0. The van der Waals surface area contributed by atoms with Gasteiger partial charge in [-0.3, -0.25) is 4.90 Å². The number of piperazine rings is 1. The molecule has 1 saturated heterocycles. The van der Waals surface area contributed by atoms with Gasteiger partial charge in [0.05, 0.1) is 9.92 Å². The van der Waals surface area contributed by atoms with Gasteiger partial charge in [-0.1, -0.05) is 29.8 Å². The van der Waals surface area contributed by atoms with E-state index in [2.05, 4.69) is 0 Å². The molecule has 0 amide bonds. The number of rotatable bonds is 4. The number of sulfonamides is 1. The van der Waals surface area contributed by atoms with Gasteiger partial charge in [-0.05, 0) is 24.3 Å². The van der Waals surface area contributed by atoms with Gasteiger partial charge < -0.3 is 0 Å². The molecule has 0 radical (unpaired) electrons. The zero-order valence-electron chi connectivity index (χ0n) is 13.3. The Hall–Kier alpha value is -1.54. The van der Waals surface area contributed by atoms with Crippen LogP contribution in [0.15, 0.2) is 47.4 Å². The summed E-state index contributed by atoms with van der Waals surface area (Å²) >= 11 is 5.69. The van der Waals surface area contributed by atoms with E-state index in [0.717, 1.165) is 12.1 Å². The summed E-state index contributed by atoms with van der Waals surface area (Å²) in [5.74, 6) is -0.922. The minimum atomic E-state index is -3.72. The summed E-state index contributed by atoms with van der Waals surface area (Å²) < 4.78 is 53.6. The van der Waals surface area contributed by atoms with Crippen LogP contribution in [0, 0.1) is 11.6 Å². The van der Waals surface area contributed by atoms with Crippen LogP contribution in [-0.2, 0) is 16.6 Å². The zero-order valence-corrected chi connectivity index (χ0v) is 14.9. The van der Waals surface area contributed by atoms with Gasteiger partial charge in [-0.15, -0.1) is 0 Å². The maximum atomic E-state index is 13.7. The van der Waals surface area contributed by atoms with Gasteiger partial charge in [-0.25, -0.2) is 17.2 Å². The number of nitrogens with zero attached hydrogens (tertiary/aromatic N) is 2. The Labute approximate surface area is 150 Å². The Balaban J connectivity index is 1.67. The van der Waals surface area contributed by atoms with Crippen LogP contribution in [-0.4, -0.2) is 43.8 Å². The molecule has 3 rings (SSSR count). The van der Waals surface area contributed by atoms with Crippen LogP contribution in [0.25, 0.3) is 0 Å². The normalized spacial score (nSPS) is 16.9. The highest BCUT2D eigenvalue weighted by molar-refractivity contribution is 7.89. The fraction of sp³-hybridized carbons (Fsp3) is 0.294. The highest BCUT2D eigenvalue weighted by atomic mass is 35.5. The van der Waals surface area contributed by atoms with E-state index in [1.54, 1.807) is 18.2 Å². The largest absolute Gasteiger partial charge is 0.296 e. The standard InChI is InChI=1S/C17H17ClF2N2O2S/c18-15-11-14(5-6-17(15)20)25(23,24)22-9-7-21(8-10-22)12-13-3-1-2-4-16(13)19/h1-6,11H,7-10,12H2. The molecule has 0 aromatic heterocycles. The molecule has 134 valence electrons. The van der Waals surface area contributed by atoms with Crippen molar-refractivity contribution in [2.24, 2.45) is 0 Å². The minimum absolute atomic E-state index is 0.0264. The van der Waals surface area contributed by atoms with E-state index in [4.69, 9.17) is 11.6 Å². The van der Waals surface area contributed by atoms with Crippen molar-refractivity contribution in [1.82, 2.24) is 9.21 Å².